The van der Waals surface area contributed by atoms with Crippen LogP contribution in [0.25, 0.3) is 0 Å². The Kier molecular flexibility index (Phi) is 5.58. The van der Waals surface area contributed by atoms with Crippen LogP contribution in [0.5, 0.6) is 0 Å². The van der Waals surface area contributed by atoms with Crippen LogP contribution < -0.4 is 0 Å². The Bertz CT molecular complexity index is 454. The van der Waals surface area contributed by atoms with Crippen molar-refractivity contribution in [2.24, 2.45) is 0 Å². The number of hydrogen-bond acceptors (Lipinski definition) is 2. The van der Waals surface area contributed by atoms with Crippen LogP contribution in [0.1, 0.15) is 38.2 Å². The van der Waals surface area contributed by atoms with E-state index in [1.165, 1.54) is 6.07 Å². The van der Waals surface area contributed by atoms with Gasteiger partial charge in [0, 0.05) is 13.0 Å². The van der Waals surface area contributed by atoms with E-state index in [1.807, 2.05) is 6.07 Å². The molecule has 1 atom stereocenters. The summed E-state index contributed by atoms with van der Waals surface area (Å²) < 4.78 is 14.1. The summed E-state index contributed by atoms with van der Waals surface area (Å²) in [7, 11) is 0. The molecule has 0 aromatic heterocycles. The number of rotatable bonds is 4. The van der Waals surface area contributed by atoms with Crippen LogP contribution in [0.4, 0.5) is 4.39 Å². The Labute approximate surface area is 129 Å². The topological polar surface area (TPSA) is 23.5 Å². The summed E-state index contributed by atoms with van der Waals surface area (Å²) in [6.07, 6.45) is 4.22. The molecule has 1 fully saturated rings. The van der Waals surface area contributed by atoms with Crippen molar-refractivity contribution >= 4 is 15.9 Å². The Morgan fingerprint density at radius 1 is 1.35 bits per heavy atom. The summed E-state index contributed by atoms with van der Waals surface area (Å²) in [6.45, 7) is 5.26. The van der Waals surface area contributed by atoms with Gasteiger partial charge in [0.25, 0.3) is 0 Å². The van der Waals surface area contributed by atoms with E-state index in [1.54, 1.807) is 6.07 Å². The maximum Gasteiger partial charge on any atom is 0.137 e. The summed E-state index contributed by atoms with van der Waals surface area (Å²) in [4.78, 5) is 2.42. The molecule has 1 unspecified atom stereocenters. The number of hydrogen-bond donors (Lipinski definition) is 1. The minimum Gasteiger partial charge on any atom is -0.389 e. The van der Waals surface area contributed by atoms with Crippen LogP contribution in [0.3, 0.4) is 0 Å². The molecule has 0 spiro atoms. The average molecular weight is 344 g/mol. The molecular weight excluding hydrogens is 321 g/mol. The minimum absolute atomic E-state index is 0.257. The van der Waals surface area contributed by atoms with Crippen molar-refractivity contribution in [2.75, 3.05) is 19.6 Å². The molecular formula is C16H23BrFNO. The Morgan fingerprint density at radius 3 is 2.90 bits per heavy atom. The van der Waals surface area contributed by atoms with E-state index >= 15 is 0 Å². The Balaban J connectivity index is 2.05. The van der Waals surface area contributed by atoms with Gasteiger partial charge in [-0.05, 0) is 66.3 Å². The first-order valence-electron chi connectivity index (χ1n) is 7.42. The van der Waals surface area contributed by atoms with Gasteiger partial charge in [-0.2, -0.15) is 0 Å². The molecule has 1 aliphatic rings. The van der Waals surface area contributed by atoms with Crippen molar-refractivity contribution < 1.29 is 9.50 Å². The SMILES string of the molecule is CCCN1CCCC(O)(Cc2cccc(F)c2Br)CC1. The highest BCUT2D eigenvalue weighted by Gasteiger charge is 2.31. The van der Waals surface area contributed by atoms with Crippen molar-refractivity contribution in [1.29, 1.82) is 0 Å². The van der Waals surface area contributed by atoms with Crippen molar-refractivity contribution in [1.82, 2.24) is 4.90 Å². The molecule has 20 heavy (non-hydrogen) atoms. The van der Waals surface area contributed by atoms with Gasteiger partial charge in [0.15, 0.2) is 0 Å². The Hall–Kier alpha value is -0.450. The highest BCUT2D eigenvalue weighted by Crippen LogP contribution is 2.30. The molecule has 0 bridgehead atoms. The van der Waals surface area contributed by atoms with Gasteiger partial charge in [-0.1, -0.05) is 19.1 Å². The second kappa shape index (κ2) is 7.01. The van der Waals surface area contributed by atoms with Crippen LogP contribution in [0, 0.1) is 5.82 Å². The fraction of sp³-hybridized carbons (Fsp3) is 0.625. The molecule has 2 rings (SSSR count). The fourth-order valence-electron chi connectivity index (χ4n) is 2.99. The van der Waals surface area contributed by atoms with Gasteiger partial charge in [0.2, 0.25) is 0 Å². The molecule has 1 aliphatic heterocycles. The zero-order valence-electron chi connectivity index (χ0n) is 12.0. The molecule has 2 nitrogen and oxygen atoms in total. The zero-order valence-corrected chi connectivity index (χ0v) is 13.6. The first-order chi connectivity index (χ1) is 9.54. The molecule has 0 amide bonds. The highest BCUT2D eigenvalue weighted by molar-refractivity contribution is 9.10. The second-order valence-electron chi connectivity index (χ2n) is 5.81. The maximum atomic E-state index is 13.6. The van der Waals surface area contributed by atoms with E-state index in [2.05, 4.69) is 27.8 Å². The van der Waals surface area contributed by atoms with Crippen molar-refractivity contribution in [3.63, 3.8) is 0 Å². The average Bonchev–Trinajstić information content (AvgIpc) is 2.59. The molecule has 1 heterocycles. The van der Waals surface area contributed by atoms with Gasteiger partial charge < -0.3 is 10.0 Å². The minimum atomic E-state index is -0.710. The monoisotopic (exact) mass is 343 g/mol. The van der Waals surface area contributed by atoms with Crippen molar-refractivity contribution in [2.45, 2.75) is 44.6 Å². The zero-order chi connectivity index (χ0) is 14.6. The fourth-order valence-corrected chi connectivity index (χ4v) is 3.40. The molecule has 0 saturated carbocycles. The van der Waals surface area contributed by atoms with E-state index in [0.717, 1.165) is 50.9 Å². The van der Waals surface area contributed by atoms with Gasteiger partial charge in [-0.15, -0.1) is 0 Å². The predicted molar refractivity (Wildman–Crippen MR) is 83.3 cm³/mol. The van der Waals surface area contributed by atoms with Crippen molar-refractivity contribution in [3.8, 4) is 0 Å². The number of aliphatic hydroxyl groups is 1. The van der Waals surface area contributed by atoms with Crippen LogP contribution in [-0.2, 0) is 6.42 Å². The van der Waals surface area contributed by atoms with E-state index in [-0.39, 0.29) is 5.82 Å². The van der Waals surface area contributed by atoms with Gasteiger partial charge in [-0.25, -0.2) is 4.39 Å². The maximum absolute atomic E-state index is 13.6. The normalized spacial score (nSPS) is 24.6. The number of likely N-dealkylation sites (tertiary alicyclic amines) is 1. The van der Waals surface area contributed by atoms with Gasteiger partial charge >= 0.3 is 0 Å². The van der Waals surface area contributed by atoms with Crippen LogP contribution >= 0.6 is 15.9 Å². The summed E-state index contributed by atoms with van der Waals surface area (Å²) in [5.74, 6) is -0.257. The first kappa shape index (κ1) is 15.9. The molecule has 1 saturated heterocycles. The third-order valence-electron chi connectivity index (χ3n) is 4.10. The van der Waals surface area contributed by atoms with E-state index in [9.17, 15) is 9.50 Å². The summed E-state index contributed by atoms with van der Waals surface area (Å²) in [5, 5.41) is 10.8. The van der Waals surface area contributed by atoms with Gasteiger partial charge in [-0.3, -0.25) is 0 Å². The smallest absolute Gasteiger partial charge is 0.137 e. The van der Waals surface area contributed by atoms with Gasteiger partial charge in [0.1, 0.15) is 5.82 Å². The molecule has 112 valence electrons. The number of benzene rings is 1. The Morgan fingerprint density at radius 2 is 2.15 bits per heavy atom. The van der Waals surface area contributed by atoms with E-state index in [4.69, 9.17) is 0 Å². The van der Waals surface area contributed by atoms with Crippen LogP contribution in [0.15, 0.2) is 22.7 Å². The van der Waals surface area contributed by atoms with Crippen LogP contribution in [-0.4, -0.2) is 35.2 Å². The lowest BCUT2D eigenvalue weighted by Gasteiger charge is -2.27. The molecule has 0 radical (unpaired) electrons. The lowest BCUT2D eigenvalue weighted by atomic mass is 9.88. The summed E-state index contributed by atoms with van der Waals surface area (Å²) in [6, 6.07) is 5.03. The second-order valence-corrected chi connectivity index (χ2v) is 6.60. The summed E-state index contributed by atoms with van der Waals surface area (Å²) in [5.41, 5.74) is 0.148. The standard InChI is InChI=1S/C16H23BrFNO/c1-2-9-19-10-4-7-16(20,8-11-19)12-13-5-3-6-14(18)15(13)17/h3,5-6,20H,2,4,7-12H2,1H3. The van der Waals surface area contributed by atoms with E-state index < -0.39 is 5.60 Å². The van der Waals surface area contributed by atoms with Crippen LogP contribution in [0.2, 0.25) is 0 Å². The number of nitrogens with zero attached hydrogens (tertiary/aromatic N) is 1. The predicted octanol–water partition coefficient (Wildman–Crippen LogP) is 3.76. The lowest BCUT2D eigenvalue weighted by molar-refractivity contribution is 0.0255. The number of halogens is 2. The first-order valence-corrected chi connectivity index (χ1v) is 8.21. The van der Waals surface area contributed by atoms with Crippen molar-refractivity contribution in [3.05, 3.63) is 34.1 Å². The third kappa shape index (κ3) is 4.03. The summed E-state index contributed by atoms with van der Waals surface area (Å²) >= 11 is 3.29. The molecule has 1 aromatic carbocycles. The van der Waals surface area contributed by atoms with E-state index in [0.29, 0.717) is 10.9 Å². The largest absolute Gasteiger partial charge is 0.389 e. The highest BCUT2D eigenvalue weighted by atomic mass is 79.9. The third-order valence-corrected chi connectivity index (χ3v) is 4.99. The lowest BCUT2D eigenvalue weighted by Crippen LogP contribution is -2.33. The molecule has 1 N–H and O–H groups in total. The molecule has 4 heteroatoms. The molecule has 1 aromatic rings. The molecule has 0 aliphatic carbocycles. The van der Waals surface area contributed by atoms with Gasteiger partial charge in [0.05, 0.1) is 10.1 Å². The quantitative estimate of drug-likeness (QED) is 0.899.